The van der Waals surface area contributed by atoms with Crippen molar-refractivity contribution >= 4 is 24.1 Å². The van der Waals surface area contributed by atoms with Crippen molar-refractivity contribution in [2.24, 2.45) is 0 Å². The molecule has 1 N–H and O–H groups in total. The maximum absolute atomic E-state index is 13.6. The summed E-state index contributed by atoms with van der Waals surface area (Å²) in [7, 11) is 2.59. The van der Waals surface area contributed by atoms with Crippen LogP contribution in [0.4, 0.5) is 41.2 Å². The van der Waals surface area contributed by atoms with Gasteiger partial charge in [0.15, 0.2) is 0 Å². The Labute approximate surface area is 204 Å². The summed E-state index contributed by atoms with van der Waals surface area (Å²) in [6.45, 7) is 2.77. The summed E-state index contributed by atoms with van der Waals surface area (Å²) in [5.41, 5.74) is -2.04. The summed E-state index contributed by atoms with van der Waals surface area (Å²) in [6, 6.07) is 4.19. The van der Waals surface area contributed by atoms with Crippen LogP contribution in [0.2, 0.25) is 0 Å². The molecule has 0 unspecified atom stereocenters. The highest BCUT2D eigenvalue weighted by Gasteiger charge is 2.39. The van der Waals surface area contributed by atoms with Gasteiger partial charge in [-0.3, -0.25) is 4.90 Å². The number of benzene rings is 2. The quantitative estimate of drug-likeness (QED) is 0.481. The van der Waals surface area contributed by atoms with E-state index in [0.29, 0.717) is 37.2 Å². The summed E-state index contributed by atoms with van der Waals surface area (Å²) in [5, 5.41) is 3.21. The molecule has 0 bridgehead atoms. The molecule has 1 heterocycles. The molecule has 0 radical (unpaired) electrons. The number of aryl methyl sites for hydroxylation is 1. The molecule has 0 aromatic heterocycles. The zero-order chi connectivity index (χ0) is 25.4. The molecule has 1 aliphatic heterocycles. The predicted molar refractivity (Wildman–Crippen MR) is 120 cm³/mol. The van der Waals surface area contributed by atoms with E-state index in [0.717, 1.165) is 17.5 Å². The topological polar surface area (TPSA) is 35.6 Å². The van der Waals surface area contributed by atoms with E-state index in [4.69, 9.17) is 0 Å². The van der Waals surface area contributed by atoms with Crippen LogP contribution in [-0.4, -0.2) is 44.2 Å². The van der Waals surface area contributed by atoms with E-state index in [2.05, 4.69) is 5.32 Å². The third kappa shape index (κ3) is 6.38. The molecule has 0 saturated carbocycles. The smallest absolute Gasteiger partial charge is 0.324 e. The van der Waals surface area contributed by atoms with E-state index in [1.807, 2.05) is 0 Å². The Morgan fingerprint density at radius 3 is 2.06 bits per heavy atom. The van der Waals surface area contributed by atoms with Crippen molar-refractivity contribution < 1.29 is 35.5 Å². The number of nitrogens with one attached hydrogen (secondary N) is 1. The van der Waals surface area contributed by atoms with Crippen LogP contribution < -0.4 is 10.2 Å². The van der Waals surface area contributed by atoms with Gasteiger partial charge < -0.3 is 10.2 Å². The largest absolute Gasteiger partial charge is 0.416 e. The predicted octanol–water partition coefficient (Wildman–Crippen LogP) is 6.23. The number of piperidine rings is 1. The minimum Gasteiger partial charge on any atom is -0.324 e. The van der Waals surface area contributed by atoms with Crippen molar-refractivity contribution in [3.63, 3.8) is 0 Å². The number of carbonyl (C=O) groups excluding carboxylic acids is 1. The molecular formula is C23H25ClF7N3O. The first-order chi connectivity index (χ1) is 15.7. The Kier molecular flexibility index (Phi) is 8.70. The summed E-state index contributed by atoms with van der Waals surface area (Å²) in [4.78, 5) is 15.3. The SMILES string of the molecule is Cc1cc(F)ccc1[C@@H]1CNCC[C@H]1N(C)C(=O)N(C)c1cc(C(F)(F)F)cc(C(F)(F)F)c1.Cl. The molecule has 194 valence electrons. The average Bonchev–Trinajstić information content (AvgIpc) is 2.76. The second kappa shape index (κ2) is 10.6. The lowest BCUT2D eigenvalue weighted by Gasteiger charge is -2.40. The Bertz CT molecular complexity index is 1030. The lowest BCUT2D eigenvalue weighted by Crippen LogP contribution is -2.52. The van der Waals surface area contributed by atoms with Gasteiger partial charge in [-0.15, -0.1) is 12.4 Å². The molecule has 0 spiro atoms. The molecule has 2 atom stereocenters. The van der Waals surface area contributed by atoms with Crippen LogP contribution in [-0.2, 0) is 12.4 Å². The van der Waals surface area contributed by atoms with E-state index in [1.54, 1.807) is 13.0 Å². The molecule has 0 aliphatic carbocycles. The van der Waals surface area contributed by atoms with Gasteiger partial charge in [0, 0.05) is 38.3 Å². The van der Waals surface area contributed by atoms with Crippen LogP contribution >= 0.6 is 12.4 Å². The molecule has 1 saturated heterocycles. The van der Waals surface area contributed by atoms with E-state index >= 15 is 0 Å². The molecule has 12 heteroatoms. The highest BCUT2D eigenvalue weighted by atomic mass is 35.5. The molecule has 1 fully saturated rings. The minimum atomic E-state index is -5.02. The number of anilines is 1. The second-order valence-corrected chi connectivity index (χ2v) is 8.38. The van der Waals surface area contributed by atoms with Crippen LogP contribution in [0.15, 0.2) is 36.4 Å². The van der Waals surface area contributed by atoms with Crippen molar-refractivity contribution in [1.29, 1.82) is 0 Å². The fraction of sp³-hybridized carbons (Fsp3) is 0.435. The van der Waals surface area contributed by atoms with E-state index in [-0.39, 0.29) is 24.4 Å². The zero-order valence-corrected chi connectivity index (χ0v) is 19.9. The van der Waals surface area contributed by atoms with Crippen LogP contribution in [0.1, 0.15) is 34.6 Å². The molecule has 4 nitrogen and oxygen atoms in total. The van der Waals surface area contributed by atoms with Gasteiger partial charge >= 0.3 is 18.4 Å². The number of alkyl halides is 6. The fourth-order valence-corrected chi connectivity index (χ4v) is 4.30. The van der Waals surface area contributed by atoms with Gasteiger partial charge in [-0.2, -0.15) is 26.3 Å². The van der Waals surface area contributed by atoms with Gasteiger partial charge in [-0.1, -0.05) is 6.07 Å². The van der Waals surface area contributed by atoms with Crippen molar-refractivity contribution in [2.45, 2.75) is 37.7 Å². The van der Waals surface area contributed by atoms with Crippen molar-refractivity contribution in [3.8, 4) is 0 Å². The van der Waals surface area contributed by atoms with Gasteiger partial charge in [0.2, 0.25) is 0 Å². The van der Waals surface area contributed by atoms with E-state index in [1.165, 1.54) is 24.1 Å². The van der Waals surface area contributed by atoms with Gasteiger partial charge in [0.25, 0.3) is 0 Å². The number of amides is 2. The number of rotatable bonds is 3. The Hall–Kier alpha value is -2.53. The Morgan fingerprint density at radius 1 is 0.971 bits per heavy atom. The van der Waals surface area contributed by atoms with E-state index < -0.39 is 47.1 Å². The highest BCUT2D eigenvalue weighted by Crippen LogP contribution is 2.39. The van der Waals surface area contributed by atoms with Crippen LogP contribution in [0.25, 0.3) is 0 Å². The maximum Gasteiger partial charge on any atom is 0.416 e. The first kappa shape index (κ1) is 28.7. The Morgan fingerprint density at radius 2 is 1.54 bits per heavy atom. The minimum absolute atomic E-state index is 0. The molecule has 2 aromatic carbocycles. The molecular weight excluding hydrogens is 503 g/mol. The number of halogens is 8. The van der Waals surface area contributed by atoms with Crippen molar-refractivity contribution in [1.82, 2.24) is 10.2 Å². The summed E-state index contributed by atoms with van der Waals surface area (Å²) >= 11 is 0. The zero-order valence-electron chi connectivity index (χ0n) is 19.1. The molecule has 1 aliphatic rings. The number of nitrogens with zero attached hydrogens (tertiary/aromatic N) is 2. The molecule has 3 rings (SSSR count). The van der Waals surface area contributed by atoms with E-state index in [9.17, 15) is 35.5 Å². The number of hydrogen-bond acceptors (Lipinski definition) is 2. The normalized spacial score (nSPS) is 18.6. The first-order valence-electron chi connectivity index (χ1n) is 10.5. The molecule has 2 aromatic rings. The maximum atomic E-state index is 13.6. The Balaban J connectivity index is 0.00000432. The lowest BCUT2D eigenvalue weighted by molar-refractivity contribution is -0.143. The lowest BCUT2D eigenvalue weighted by atomic mass is 9.84. The van der Waals surface area contributed by atoms with Crippen molar-refractivity contribution in [3.05, 3.63) is 64.5 Å². The van der Waals surface area contributed by atoms with Crippen LogP contribution in [0.5, 0.6) is 0 Å². The molecule has 2 amide bonds. The number of hydrogen-bond donors (Lipinski definition) is 1. The third-order valence-electron chi connectivity index (χ3n) is 6.12. The van der Waals surface area contributed by atoms with Crippen molar-refractivity contribution in [2.75, 3.05) is 32.1 Å². The summed E-state index contributed by atoms with van der Waals surface area (Å²) in [6.07, 6.45) is -9.55. The standard InChI is InChI=1S/C23H24F7N3O.ClH/c1-13-8-16(24)4-5-18(13)19-12-31-7-6-20(19)33(3)21(34)32(2)17-10-14(22(25,26)27)9-15(11-17)23(28,29)30;/h4-5,8-11,19-20,31H,6-7,12H2,1-3H3;1H/t19-,20+;/m0./s1. The monoisotopic (exact) mass is 527 g/mol. The van der Waals surface area contributed by atoms with Gasteiger partial charge in [-0.05, 0) is 61.3 Å². The van der Waals surface area contributed by atoms with Gasteiger partial charge in [-0.25, -0.2) is 9.18 Å². The summed E-state index contributed by atoms with van der Waals surface area (Å²) in [5.74, 6) is -0.653. The molecule has 35 heavy (non-hydrogen) atoms. The van der Waals surface area contributed by atoms with Crippen LogP contribution in [0.3, 0.4) is 0 Å². The number of likely N-dealkylation sites (N-methyl/N-ethyl adjacent to an activating group) is 1. The third-order valence-corrected chi connectivity index (χ3v) is 6.12. The highest BCUT2D eigenvalue weighted by molar-refractivity contribution is 5.92. The van der Waals surface area contributed by atoms with Crippen LogP contribution in [0, 0.1) is 12.7 Å². The average molecular weight is 528 g/mol. The number of carbonyl (C=O) groups is 1. The first-order valence-corrected chi connectivity index (χ1v) is 10.5. The summed E-state index contributed by atoms with van der Waals surface area (Å²) < 4.78 is 93.0. The van der Waals surface area contributed by atoms with Gasteiger partial charge in [0.1, 0.15) is 5.82 Å². The van der Waals surface area contributed by atoms with Gasteiger partial charge in [0.05, 0.1) is 11.1 Å². The number of urea groups is 1. The fourth-order valence-electron chi connectivity index (χ4n) is 4.30. The second-order valence-electron chi connectivity index (χ2n) is 8.38.